The molecule has 0 aliphatic rings. The summed E-state index contributed by atoms with van der Waals surface area (Å²) in [6, 6.07) is 64.2. The van der Waals surface area contributed by atoms with Crippen molar-refractivity contribution in [3.63, 3.8) is 0 Å². The molecule has 6 rings (SSSR count). The molecule has 0 bridgehead atoms. The summed E-state index contributed by atoms with van der Waals surface area (Å²) in [4.78, 5) is 0. The van der Waals surface area contributed by atoms with Gasteiger partial charge in [-0.2, -0.15) is 0 Å². The van der Waals surface area contributed by atoms with Gasteiger partial charge >= 0.3 is 194 Å². The van der Waals surface area contributed by atoms with Crippen molar-refractivity contribution in [2.75, 3.05) is 26.4 Å². The Bertz CT molecular complexity index is 1890. The predicted octanol–water partition coefficient (Wildman–Crippen LogP) is 11.3. The number of benzene rings is 6. The number of hydrogen-bond donors (Lipinski definition) is 1. The Balaban J connectivity index is 1.10. The van der Waals surface area contributed by atoms with Gasteiger partial charge in [-0.15, -0.1) is 0 Å². The van der Waals surface area contributed by atoms with E-state index in [2.05, 4.69) is 193 Å². The van der Waals surface area contributed by atoms with Gasteiger partial charge in [0.25, 0.3) is 0 Å². The van der Waals surface area contributed by atoms with Gasteiger partial charge in [0.2, 0.25) is 0 Å². The van der Waals surface area contributed by atoms with Crippen LogP contribution in [0.25, 0.3) is 11.1 Å². The van der Waals surface area contributed by atoms with Gasteiger partial charge in [-0.05, 0) is 30.3 Å². The Kier molecular flexibility index (Phi) is 15.1. The molecule has 0 atom stereocenters. The van der Waals surface area contributed by atoms with E-state index >= 15 is 0 Å². The van der Waals surface area contributed by atoms with Gasteiger partial charge in [-0.1, -0.05) is 72.8 Å². The fourth-order valence-corrected chi connectivity index (χ4v) is 12.6. The molecule has 0 radical (unpaired) electrons. The predicted molar refractivity (Wildman–Crippen MR) is 238 cm³/mol. The summed E-state index contributed by atoms with van der Waals surface area (Å²) in [7, 11) is -0.195. The van der Waals surface area contributed by atoms with Crippen LogP contribution in [0.2, 0.25) is 0 Å². The smallest absolute Gasteiger partial charge is 0.0622 e. The molecule has 0 heterocycles. The van der Waals surface area contributed by atoms with E-state index in [9.17, 15) is 0 Å². The minimum atomic E-state index is -2.14. The molecule has 6 aromatic rings. The van der Waals surface area contributed by atoms with Gasteiger partial charge in [0.15, 0.2) is 0 Å². The quantitative estimate of drug-likeness (QED) is 0.0366. The molecular formula is C51H56NOP. The molecule has 3 heteroatoms. The number of unbranched alkanes of at least 4 members (excludes halogenated alkanes) is 6. The SMILES string of the molecule is CNCCOc1ccc(/C(=C(/C=C/CCCCCCCC[PH](c2ccccc2)(c2ccccc2)c2ccccc2)c2ccccc2)c2ccccc2)cc1. The van der Waals surface area contributed by atoms with E-state index in [4.69, 9.17) is 4.74 Å². The van der Waals surface area contributed by atoms with Gasteiger partial charge in [-0.3, -0.25) is 0 Å². The minimum absolute atomic E-state index is 0.647. The molecule has 0 fully saturated rings. The van der Waals surface area contributed by atoms with Gasteiger partial charge in [0, 0.05) is 6.54 Å². The van der Waals surface area contributed by atoms with Crippen molar-refractivity contribution in [1.82, 2.24) is 5.32 Å². The van der Waals surface area contributed by atoms with E-state index in [-0.39, 0.29) is 0 Å². The summed E-state index contributed by atoms with van der Waals surface area (Å²) in [5, 5.41) is 7.69. The van der Waals surface area contributed by atoms with Crippen molar-refractivity contribution >= 4 is 34.3 Å². The summed E-state index contributed by atoms with van der Waals surface area (Å²) < 4.78 is 5.94. The van der Waals surface area contributed by atoms with Crippen LogP contribution in [0.1, 0.15) is 61.6 Å². The van der Waals surface area contributed by atoms with Crippen LogP contribution in [0.5, 0.6) is 5.75 Å². The second-order valence-electron chi connectivity index (χ2n) is 14.1. The van der Waals surface area contributed by atoms with Crippen LogP contribution in [-0.4, -0.2) is 26.4 Å². The number of likely N-dealkylation sites (N-methyl/N-ethyl adjacent to an activating group) is 1. The topological polar surface area (TPSA) is 21.3 Å². The number of rotatable bonds is 20. The Hall–Kier alpha value is -5.01. The number of nitrogens with one attached hydrogen (secondary N) is 1. The van der Waals surface area contributed by atoms with Crippen molar-refractivity contribution in [3.8, 4) is 5.75 Å². The van der Waals surface area contributed by atoms with Crippen molar-refractivity contribution in [2.45, 2.75) is 44.9 Å². The number of allylic oxidation sites excluding steroid dienone is 3. The maximum absolute atomic E-state index is 5.94. The van der Waals surface area contributed by atoms with Crippen LogP contribution in [-0.2, 0) is 0 Å². The Morgan fingerprint density at radius 1 is 0.500 bits per heavy atom. The molecule has 0 aliphatic heterocycles. The Morgan fingerprint density at radius 3 is 1.46 bits per heavy atom. The summed E-state index contributed by atoms with van der Waals surface area (Å²) in [5.41, 5.74) is 6.10. The van der Waals surface area contributed by atoms with Crippen LogP contribution in [0, 0.1) is 0 Å². The molecule has 0 spiro atoms. The second kappa shape index (κ2) is 21.0. The van der Waals surface area contributed by atoms with Crippen LogP contribution in [0.15, 0.2) is 188 Å². The third kappa shape index (κ3) is 10.4. The summed E-state index contributed by atoms with van der Waals surface area (Å²) in [5.74, 6) is 0.892. The molecule has 0 saturated heterocycles. The first kappa shape index (κ1) is 38.7. The molecule has 1 N–H and O–H groups in total. The van der Waals surface area contributed by atoms with E-state index < -0.39 is 7.26 Å². The van der Waals surface area contributed by atoms with Gasteiger partial charge in [0.1, 0.15) is 12.4 Å². The second-order valence-corrected chi connectivity index (χ2v) is 18.1. The Labute approximate surface area is 325 Å². The summed E-state index contributed by atoms with van der Waals surface area (Å²) in [6.07, 6.45) is 14.6. The average Bonchev–Trinajstić information content (AvgIpc) is 3.24. The summed E-state index contributed by atoms with van der Waals surface area (Å²) in [6.45, 7) is 1.47. The molecule has 0 saturated carbocycles. The standard InChI is InChI=1S/C51H56NOP/c1-52-40-41-53-46-38-36-45(37-39-46)51(44-27-15-9-16-28-44)50(43-25-13-8-14-26-43)35-23-6-4-2-3-5-7-24-42-54(47-29-17-10-18-30-47,48-31-19-11-20-32-48)49-33-21-12-22-34-49/h8-23,25-39,52,54H,2-7,24,40-42H2,1H3/b35-23+,51-50-. The average molecular weight is 730 g/mol. The monoisotopic (exact) mass is 729 g/mol. The zero-order valence-electron chi connectivity index (χ0n) is 31.9. The van der Waals surface area contributed by atoms with Gasteiger partial charge < -0.3 is 10.1 Å². The third-order valence-corrected chi connectivity index (χ3v) is 15.5. The maximum atomic E-state index is 5.94. The van der Waals surface area contributed by atoms with Crippen molar-refractivity contribution in [3.05, 3.63) is 205 Å². The Morgan fingerprint density at radius 2 is 0.944 bits per heavy atom. The molecule has 6 aromatic carbocycles. The zero-order valence-corrected chi connectivity index (χ0v) is 32.9. The van der Waals surface area contributed by atoms with Crippen LogP contribution in [0.4, 0.5) is 0 Å². The van der Waals surface area contributed by atoms with E-state index in [1.165, 1.54) is 88.4 Å². The molecule has 0 aromatic heterocycles. The molecule has 276 valence electrons. The summed E-state index contributed by atoms with van der Waals surface area (Å²) >= 11 is 0. The van der Waals surface area contributed by atoms with E-state index in [0.717, 1.165) is 18.7 Å². The van der Waals surface area contributed by atoms with E-state index in [1.807, 2.05) is 7.05 Å². The number of ether oxygens (including phenoxy) is 1. The molecule has 0 aliphatic carbocycles. The number of hydrogen-bond acceptors (Lipinski definition) is 2. The van der Waals surface area contributed by atoms with Crippen LogP contribution >= 0.6 is 7.26 Å². The van der Waals surface area contributed by atoms with Crippen LogP contribution in [0.3, 0.4) is 0 Å². The van der Waals surface area contributed by atoms with Crippen molar-refractivity contribution in [2.24, 2.45) is 0 Å². The molecule has 0 amide bonds. The first-order valence-electron chi connectivity index (χ1n) is 19.9. The van der Waals surface area contributed by atoms with Gasteiger partial charge in [0.05, 0.1) is 0 Å². The molecule has 0 unspecified atom stereocenters. The van der Waals surface area contributed by atoms with Crippen molar-refractivity contribution < 1.29 is 4.74 Å². The minimum Gasteiger partial charge on any atom is -0.0622 e. The third-order valence-electron chi connectivity index (χ3n) is 10.4. The fraction of sp³-hybridized carbons (Fsp3) is 0.216. The van der Waals surface area contributed by atoms with Crippen molar-refractivity contribution in [1.29, 1.82) is 0 Å². The van der Waals surface area contributed by atoms with Gasteiger partial charge in [-0.25, -0.2) is 0 Å². The molecular weight excluding hydrogens is 674 g/mol. The van der Waals surface area contributed by atoms with E-state index in [0.29, 0.717) is 6.61 Å². The molecule has 54 heavy (non-hydrogen) atoms. The normalized spacial score (nSPS) is 12.4. The zero-order chi connectivity index (χ0) is 37.1. The fourth-order valence-electron chi connectivity index (χ4n) is 7.67. The van der Waals surface area contributed by atoms with E-state index in [1.54, 1.807) is 0 Å². The first-order chi connectivity index (χ1) is 26.8. The first-order valence-corrected chi connectivity index (χ1v) is 22.1. The van der Waals surface area contributed by atoms with Crippen LogP contribution < -0.4 is 26.0 Å². The molecule has 2 nitrogen and oxygen atoms in total.